The molecule has 8 nitrogen and oxygen atoms in total. The number of benzene rings is 5. The Bertz CT molecular complexity index is 1840. The Morgan fingerprint density at radius 1 is 0.660 bits per heavy atom. The van der Waals surface area contributed by atoms with Crippen molar-refractivity contribution in [1.82, 2.24) is 5.32 Å². The average molecular weight is 644 g/mol. The smallest absolute Gasteiger partial charge is 0.272 e. The minimum Gasteiger partial charge on any atom is -0.497 e. The monoisotopic (exact) mass is 643 g/mol. The van der Waals surface area contributed by atoms with Crippen LogP contribution in [-0.4, -0.2) is 31.9 Å². The van der Waals surface area contributed by atoms with Crippen LogP contribution in [0.1, 0.15) is 26.7 Å². The van der Waals surface area contributed by atoms with E-state index >= 15 is 0 Å². The van der Waals surface area contributed by atoms with Crippen LogP contribution in [0.15, 0.2) is 144 Å². The van der Waals surface area contributed by atoms with Gasteiger partial charge in [-0.15, -0.1) is 11.8 Å². The molecule has 3 amide bonds. The summed E-state index contributed by atoms with van der Waals surface area (Å²) >= 11 is 1.39. The van der Waals surface area contributed by atoms with E-state index in [0.717, 1.165) is 10.5 Å². The molecule has 0 fully saturated rings. The van der Waals surface area contributed by atoms with E-state index in [0.29, 0.717) is 34.0 Å². The van der Waals surface area contributed by atoms with Crippen molar-refractivity contribution >= 4 is 46.9 Å². The van der Waals surface area contributed by atoms with Crippen LogP contribution in [0.4, 0.5) is 11.4 Å². The average Bonchev–Trinajstić information content (AvgIpc) is 3.12. The first-order valence-corrected chi connectivity index (χ1v) is 15.6. The Kier molecular flexibility index (Phi) is 11.1. The van der Waals surface area contributed by atoms with E-state index in [1.54, 1.807) is 99.2 Å². The molecule has 0 saturated carbocycles. The molecule has 236 valence electrons. The zero-order valence-corrected chi connectivity index (χ0v) is 26.6. The van der Waals surface area contributed by atoms with Crippen LogP contribution in [0.3, 0.4) is 0 Å². The highest BCUT2D eigenvalue weighted by Gasteiger charge is 2.23. The normalized spacial score (nSPS) is 11.6. The zero-order valence-electron chi connectivity index (χ0n) is 25.8. The molecule has 0 aliphatic carbocycles. The van der Waals surface area contributed by atoms with E-state index in [1.807, 2.05) is 54.6 Å². The quantitative estimate of drug-likeness (QED) is 0.0956. The first-order chi connectivity index (χ1) is 22.9. The highest BCUT2D eigenvalue weighted by Crippen LogP contribution is 2.37. The van der Waals surface area contributed by atoms with Gasteiger partial charge in [-0.3, -0.25) is 14.4 Å². The molecule has 0 aliphatic heterocycles. The van der Waals surface area contributed by atoms with Gasteiger partial charge in [0.15, 0.2) is 0 Å². The minimum atomic E-state index is -0.538. The van der Waals surface area contributed by atoms with Gasteiger partial charge in [-0.05, 0) is 90.0 Å². The number of carbonyl (C=O) groups is 3. The molecule has 0 bridgehead atoms. The van der Waals surface area contributed by atoms with Crippen LogP contribution in [0.5, 0.6) is 11.5 Å². The van der Waals surface area contributed by atoms with Gasteiger partial charge in [0, 0.05) is 21.8 Å². The van der Waals surface area contributed by atoms with E-state index < -0.39 is 17.1 Å². The molecule has 0 heterocycles. The van der Waals surface area contributed by atoms with E-state index in [4.69, 9.17) is 9.47 Å². The highest BCUT2D eigenvalue weighted by atomic mass is 32.2. The predicted molar refractivity (Wildman–Crippen MR) is 187 cm³/mol. The second-order valence-corrected chi connectivity index (χ2v) is 11.4. The fourth-order valence-corrected chi connectivity index (χ4v) is 5.60. The summed E-state index contributed by atoms with van der Waals surface area (Å²) in [5.41, 5.74) is 3.18. The molecule has 0 saturated heterocycles. The number of methoxy groups -OCH3 is 2. The molecule has 47 heavy (non-hydrogen) atoms. The van der Waals surface area contributed by atoms with Gasteiger partial charge in [0.05, 0.1) is 14.2 Å². The molecule has 3 N–H and O–H groups in total. The standard InChI is InChI=1S/C38H33N3O5S/c1-45-31-20-16-29(17-21-31)40-38(44)35(27-11-5-3-6-12-27)47-33-22-18-30(19-23-33)39-37(43)34(25-26-10-9-15-32(24-26)46-2)41-36(42)28-13-7-4-8-14-28/h3-25,35H,1-2H3,(H,39,43)(H,40,44)(H,41,42)/b34-25-. The second kappa shape index (κ2) is 16.0. The van der Waals surface area contributed by atoms with Crippen LogP contribution in [0.25, 0.3) is 6.08 Å². The summed E-state index contributed by atoms with van der Waals surface area (Å²) in [7, 11) is 3.15. The summed E-state index contributed by atoms with van der Waals surface area (Å²) in [6, 6.07) is 39.7. The lowest BCUT2D eigenvalue weighted by molar-refractivity contribution is -0.116. The van der Waals surface area contributed by atoms with Crippen molar-refractivity contribution in [1.29, 1.82) is 0 Å². The van der Waals surface area contributed by atoms with Crippen molar-refractivity contribution in [3.8, 4) is 11.5 Å². The van der Waals surface area contributed by atoms with Crippen molar-refractivity contribution in [2.24, 2.45) is 0 Å². The molecule has 5 aromatic carbocycles. The van der Waals surface area contributed by atoms with Gasteiger partial charge in [0.25, 0.3) is 11.8 Å². The van der Waals surface area contributed by atoms with Crippen LogP contribution in [0, 0.1) is 0 Å². The third-order valence-corrected chi connectivity index (χ3v) is 8.26. The van der Waals surface area contributed by atoms with Crippen LogP contribution < -0.4 is 25.4 Å². The van der Waals surface area contributed by atoms with E-state index in [9.17, 15) is 14.4 Å². The molecule has 5 rings (SSSR count). The number of nitrogens with one attached hydrogen (secondary N) is 3. The summed E-state index contributed by atoms with van der Waals surface area (Å²) in [6.07, 6.45) is 1.59. The summed E-state index contributed by atoms with van der Waals surface area (Å²) in [4.78, 5) is 40.8. The number of carbonyl (C=O) groups excluding carboxylic acids is 3. The van der Waals surface area contributed by atoms with Gasteiger partial charge in [0.2, 0.25) is 5.91 Å². The van der Waals surface area contributed by atoms with Crippen molar-refractivity contribution in [2.75, 3.05) is 24.9 Å². The summed E-state index contributed by atoms with van der Waals surface area (Å²) in [6.45, 7) is 0. The predicted octanol–water partition coefficient (Wildman–Crippen LogP) is 7.59. The molecule has 1 atom stereocenters. The number of amides is 3. The molecule has 5 aromatic rings. The third kappa shape index (κ3) is 9.12. The lowest BCUT2D eigenvalue weighted by Crippen LogP contribution is -2.30. The van der Waals surface area contributed by atoms with Gasteiger partial charge < -0.3 is 25.4 Å². The van der Waals surface area contributed by atoms with Crippen molar-refractivity contribution < 1.29 is 23.9 Å². The van der Waals surface area contributed by atoms with Crippen LogP contribution in [0.2, 0.25) is 0 Å². The summed E-state index contributed by atoms with van der Waals surface area (Å²) < 4.78 is 10.5. The summed E-state index contributed by atoms with van der Waals surface area (Å²) in [5, 5.41) is 8.08. The molecular formula is C38H33N3O5S. The SMILES string of the molecule is COc1ccc(NC(=O)C(Sc2ccc(NC(=O)/C(=C/c3cccc(OC)c3)NC(=O)c3ccccc3)cc2)c2ccccc2)cc1. The van der Waals surface area contributed by atoms with E-state index in [1.165, 1.54) is 11.8 Å². The maximum absolute atomic E-state index is 13.5. The Morgan fingerprint density at radius 2 is 1.28 bits per heavy atom. The maximum Gasteiger partial charge on any atom is 0.272 e. The highest BCUT2D eigenvalue weighted by molar-refractivity contribution is 8.00. The molecule has 0 radical (unpaired) electrons. The van der Waals surface area contributed by atoms with E-state index in [-0.39, 0.29) is 11.6 Å². The Labute approximate surface area is 277 Å². The molecule has 1 unspecified atom stereocenters. The number of anilines is 2. The maximum atomic E-state index is 13.5. The van der Waals surface area contributed by atoms with Gasteiger partial charge in [0.1, 0.15) is 22.4 Å². The Hall–Kier alpha value is -5.80. The molecule has 0 aliphatic rings. The summed E-state index contributed by atoms with van der Waals surface area (Å²) in [5.74, 6) is 0.225. The van der Waals surface area contributed by atoms with Crippen molar-refractivity contribution in [2.45, 2.75) is 10.1 Å². The largest absolute Gasteiger partial charge is 0.497 e. The Balaban J connectivity index is 1.32. The fraction of sp³-hybridized carbons (Fsp3) is 0.0789. The molecule has 0 spiro atoms. The zero-order chi connectivity index (χ0) is 33.0. The lowest BCUT2D eigenvalue weighted by Gasteiger charge is -2.18. The fourth-order valence-electron chi connectivity index (χ4n) is 4.57. The first-order valence-electron chi connectivity index (χ1n) is 14.7. The van der Waals surface area contributed by atoms with Crippen molar-refractivity contribution in [3.05, 3.63) is 156 Å². The van der Waals surface area contributed by atoms with Gasteiger partial charge in [-0.2, -0.15) is 0 Å². The first kappa shape index (κ1) is 32.6. The number of hydrogen-bond donors (Lipinski definition) is 3. The number of thioether (sulfide) groups is 1. The van der Waals surface area contributed by atoms with Crippen LogP contribution in [-0.2, 0) is 9.59 Å². The molecule has 9 heteroatoms. The van der Waals surface area contributed by atoms with Gasteiger partial charge >= 0.3 is 0 Å². The minimum absolute atomic E-state index is 0.0601. The third-order valence-electron chi connectivity index (χ3n) is 7.00. The molecular weight excluding hydrogens is 611 g/mol. The number of rotatable bonds is 12. The topological polar surface area (TPSA) is 106 Å². The van der Waals surface area contributed by atoms with Crippen molar-refractivity contribution in [3.63, 3.8) is 0 Å². The van der Waals surface area contributed by atoms with Gasteiger partial charge in [-0.1, -0.05) is 60.7 Å². The number of hydrogen-bond acceptors (Lipinski definition) is 6. The van der Waals surface area contributed by atoms with Crippen LogP contribution >= 0.6 is 11.8 Å². The van der Waals surface area contributed by atoms with Gasteiger partial charge in [-0.25, -0.2) is 0 Å². The second-order valence-electron chi connectivity index (χ2n) is 10.3. The molecule has 0 aromatic heterocycles. The van der Waals surface area contributed by atoms with E-state index in [2.05, 4.69) is 16.0 Å². The Morgan fingerprint density at radius 3 is 1.94 bits per heavy atom. The lowest BCUT2D eigenvalue weighted by atomic mass is 10.1. The number of ether oxygens (including phenoxy) is 2.